The summed E-state index contributed by atoms with van der Waals surface area (Å²) in [6.45, 7) is 15.0. The lowest BCUT2D eigenvalue weighted by molar-refractivity contribution is -0.146. The van der Waals surface area contributed by atoms with Gasteiger partial charge in [0.15, 0.2) is 0 Å². The van der Waals surface area contributed by atoms with Crippen molar-refractivity contribution in [3.63, 3.8) is 0 Å². The second-order valence-electron chi connectivity index (χ2n) is 19.4. The number of aliphatic carboxylic acids is 2. The Morgan fingerprint density at radius 1 is 0.784 bits per heavy atom. The lowest BCUT2D eigenvalue weighted by Crippen LogP contribution is -2.59. The Kier molecular flexibility index (Phi) is 21.9. The lowest BCUT2D eigenvalue weighted by Gasteiger charge is -2.28. The van der Waals surface area contributed by atoms with E-state index >= 15 is 0 Å². The van der Waals surface area contributed by atoms with E-state index in [2.05, 4.69) is 43.5 Å². The van der Waals surface area contributed by atoms with E-state index < -0.39 is 120 Å². The molecule has 1 fully saturated rings. The van der Waals surface area contributed by atoms with Crippen LogP contribution in [-0.4, -0.2) is 130 Å². The summed E-state index contributed by atoms with van der Waals surface area (Å²) in [4.78, 5) is 127. The molecule has 1 aliphatic heterocycles. The smallest absolute Gasteiger partial charge is 0.327 e. The largest absolute Gasteiger partial charge is 0.480 e. The normalized spacial score (nSPS) is 24.9. The maximum Gasteiger partial charge on any atom is 0.327 e. The number of rotatable bonds is 13. The monoisotopic (exact) mass is 1020 g/mol. The van der Waals surface area contributed by atoms with Crippen molar-refractivity contribution in [2.45, 2.75) is 123 Å². The second-order valence-corrected chi connectivity index (χ2v) is 19.4. The summed E-state index contributed by atoms with van der Waals surface area (Å²) in [7, 11) is 2.85. The molecule has 0 aliphatic carbocycles. The predicted octanol–water partition coefficient (Wildman–Crippen LogP) is 3.29. The molecule has 10 atom stereocenters. The molecule has 2 heterocycles. The first-order valence-electron chi connectivity index (χ1n) is 24.6. The Bertz CT molecular complexity index is 2590. The van der Waals surface area contributed by atoms with Gasteiger partial charge in [0.05, 0.1) is 24.0 Å². The van der Waals surface area contributed by atoms with Crippen molar-refractivity contribution in [3.8, 4) is 0 Å². The standard InChI is InChI=1S/C54H72N8O12/c1-29(2)24-42-52(69)61-46(54(72)73)33(6)48(65)59-43(27-37-28-55-40-19-15-14-18-38(37)40)51(68)57-39(21-20-30(3)25-31(4)44(74-10)26-36-16-12-11-13-17-36)32(5)47(64)58-41(53(70)71)22-23-45(63)62(9)35(8)50(67)56-34(7)49(66)60-42/h11-21,25,28-29,31-34,39,41-44,46,55H,8,22-24,26-27H2,1-7,9-10H3,(H,56,67)(H,57,68)(H,58,64)(H,59,65)(H,60,66)(H,61,69)(H,70,71)(H,72,73)/b21-20+,30-25+/t31-,32-,33-,34+,39-,41+,42-,43-,44-,46+/m0/s1. The summed E-state index contributed by atoms with van der Waals surface area (Å²) in [6.07, 6.45) is 6.26. The van der Waals surface area contributed by atoms with Gasteiger partial charge in [0, 0.05) is 50.0 Å². The van der Waals surface area contributed by atoms with Gasteiger partial charge in [-0.1, -0.05) is 114 Å². The number of hydrogen-bond acceptors (Lipinski definition) is 10. The van der Waals surface area contributed by atoms with Crippen LogP contribution in [0.1, 0.15) is 78.9 Å². The number of nitrogens with one attached hydrogen (secondary N) is 7. The number of methoxy groups -OCH3 is 1. The molecular weight excluding hydrogens is 953 g/mol. The molecule has 3 aromatic rings. The van der Waals surface area contributed by atoms with Crippen LogP contribution in [0.2, 0.25) is 0 Å². The van der Waals surface area contributed by atoms with Gasteiger partial charge in [-0.3, -0.25) is 33.6 Å². The first-order valence-corrected chi connectivity index (χ1v) is 24.6. The second kappa shape index (κ2) is 27.4. The third-order valence-electron chi connectivity index (χ3n) is 13.1. The van der Waals surface area contributed by atoms with Crippen LogP contribution in [0.25, 0.3) is 10.9 Å². The summed E-state index contributed by atoms with van der Waals surface area (Å²) >= 11 is 0. The predicted molar refractivity (Wildman–Crippen MR) is 276 cm³/mol. The molecule has 1 saturated heterocycles. The van der Waals surface area contributed by atoms with E-state index in [1.165, 1.54) is 27.8 Å². The molecule has 1 aromatic heterocycles. The lowest BCUT2D eigenvalue weighted by atomic mass is 9.94. The van der Waals surface area contributed by atoms with Crippen molar-refractivity contribution in [2.75, 3.05) is 14.2 Å². The topological polar surface area (TPSA) is 295 Å². The minimum absolute atomic E-state index is 0.0149. The number of nitrogens with zero attached hydrogens (tertiary/aromatic N) is 1. The van der Waals surface area contributed by atoms with Crippen molar-refractivity contribution >= 4 is 64.2 Å². The number of carbonyl (C=O) groups is 9. The highest BCUT2D eigenvalue weighted by molar-refractivity contribution is 6.00. The van der Waals surface area contributed by atoms with Crippen LogP contribution in [-0.2, 0) is 60.7 Å². The first kappa shape index (κ1) is 59.0. The molecule has 20 nitrogen and oxygen atoms in total. The minimum atomic E-state index is -1.88. The number of aromatic nitrogens is 1. The van der Waals surface area contributed by atoms with E-state index in [1.54, 1.807) is 45.4 Å². The number of hydrogen-bond donors (Lipinski definition) is 9. The maximum absolute atomic E-state index is 14.8. The van der Waals surface area contributed by atoms with Crippen molar-refractivity contribution in [1.29, 1.82) is 0 Å². The average Bonchev–Trinajstić information content (AvgIpc) is 3.77. The molecule has 0 bridgehead atoms. The van der Waals surface area contributed by atoms with Crippen molar-refractivity contribution in [1.82, 2.24) is 41.8 Å². The van der Waals surface area contributed by atoms with Gasteiger partial charge in [0.25, 0.3) is 5.91 Å². The third-order valence-corrected chi connectivity index (χ3v) is 13.1. The molecule has 20 heteroatoms. The van der Waals surface area contributed by atoms with Gasteiger partial charge in [0.1, 0.15) is 35.9 Å². The zero-order valence-corrected chi connectivity index (χ0v) is 43.5. The van der Waals surface area contributed by atoms with Crippen LogP contribution in [0.15, 0.2) is 96.9 Å². The van der Waals surface area contributed by atoms with Gasteiger partial charge in [-0.05, 0) is 56.2 Å². The van der Waals surface area contributed by atoms with Crippen LogP contribution in [0, 0.1) is 23.7 Å². The Labute approximate surface area is 431 Å². The first-order chi connectivity index (χ1) is 34.9. The average molecular weight is 1030 g/mol. The maximum atomic E-state index is 14.8. The molecule has 7 amide bonds. The fourth-order valence-corrected chi connectivity index (χ4v) is 8.41. The van der Waals surface area contributed by atoms with E-state index in [1.807, 2.05) is 68.5 Å². The Morgan fingerprint density at radius 3 is 2.04 bits per heavy atom. The highest BCUT2D eigenvalue weighted by Gasteiger charge is 2.38. The molecule has 2 aromatic carbocycles. The molecule has 0 radical (unpaired) electrons. The molecule has 400 valence electrons. The Morgan fingerprint density at radius 2 is 1.41 bits per heavy atom. The van der Waals surface area contributed by atoms with Crippen molar-refractivity contribution in [2.24, 2.45) is 23.7 Å². The van der Waals surface area contributed by atoms with Crippen LogP contribution in [0.3, 0.4) is 0 Å². The highest BCUT2D eigenvalue weighted by Crippen LogP contribution is 2.22. The van der Waals surface area contributed by atoms with E-state index in [0.29, 0.717) is 12.0 Å². The van der Waals surface area contributed by atoms with Gasteiger partial charge in [0.2, 0.25) is 35.4 Å². The fraction of sp³-hybridized carbons (Fsp3) is 0.463. The van der Waals surface area contributed by atoms with E-state index in [0.717, 1.165) is 26.9 Å². The van der Waals surface area contributed by atoms with E-state index in [-0.39, 0.29) is 30.8 Å². The van der Waals surface area contributed by atoms with Gasteiger partial charge in [-0.15, -0.1) is 0 Å². The summed E-state index contributed by atoms with van der Waals surface area (Å²) < 4.78 is 5.85. The number of carboxylic acids is 2. The summed E-state index contributed by atoms with van der Waals surface area (Å²) in [6, 6.07) is 8.28. The quantitative estimate of drug-likeness (QED) is 0.0881. The van der Waals surface area contributed by atoms with Crippen LogP contribution in [0.5, 0.6) is 0 Å². The van der Waals surface area contributed by atoms with Gasteiger partial charge in [-0.2, -0.15) is 0 Å². The number of H-pyrrole nitrogens is 1. The Balaban J connectivity index is 1.81. The number of carboxylic acid groups (broad SMARTS) is 2. The molecule has 0 unspecified atom stereocenters. The summed E-state index contributed by atoms with van der Waals surface area (Å²) in [5, 5.41) is 36.8. The van der Waals surface area contributed by atoms with E-state index in [9.17, 15) is 53.4 Å². The molecule has 0 saturated carbocycles. The van der Waals surface area contributed by atoms with Gasteiger partial charge >= 0.3 is 11.9 Å². The number of allylic oxidation sites excluding steroid dienone is 2. The Hall–Kier alpha value is -7.61. The van der Waals surface area contributed by atoms with E-state index in [4.69, 9.17) is 4.74 Å². The molecular formula is C54H72N8O12. The number of likely N-dealkylation sites (N-methyl/N-ethyl adjacent to an activating group) is 1. The summed E-state index contributed by atoms with van der Waals surface area (Å²) in [5.41, 5.74) is 2.72. The van der Waals surface area contributed by atoms with Gasteiger partial charge < -0.3 is 56.7 Å². The van der Waals surface area contributed by atoms with Crippen LogP contribution < -0.4 is 31.9 Å². The highest BCUT2D eigenvalue weighted by atomic mass is 16.5. The number of benzene rings is 2. The van der Waals surface area contributed by atoms with Crippen LogP contribution in [0.4, 0.5) is 0 Å². The number of fused-ring (bicyclic) bond motifs is 1. The van der Waals surface area contributed by atoms with Crippen molar-refractivity contribution in [3.05, 3.63) is 108 Å². The molecule has 9 N–H and O–H groups in total. The molecule has 4 rings (SSSR count). The number of amides is 7. The van der Waals surface area contributed by atoms with Crippen LogP contribution >= 0.6 is 0 Å². The zero-order valence-electron chi connectivity index (χ0n) is 43.5. The SMILES string of the molecule is C=C1C(=O)N[C@H](C)C(=O)N[C@@H](CC(C)C)C(=O)N[C@@H](C(=O)O)[C@H](C)C(=O)N[C@@H](Cc2c[nH]c3ccccc23)C(=O)N[C@@H](/C=C/C(C)=C/[C@H](C)[C@H](Cc2ccccc2)OC)[C@H](C)C(=O)N[C@@H](C(=O)O)CCC(=O)N1C. The third kappa shape index (κ3) is 16.7. The zero-order chi connectivity index (χ0) is 55.0. The van der Waals surface area contributed by atoms with Gasteiger partial charge in [-0.25, -0.2) is 9.59 Å². The number of ether oxygens (including phenoxy) is 1. The fourth-order valence-electron chi connectivity index (χ4n) is 8.41. The number of aromatic amines is 1. The molecule has 0 spiro atoms. The number of para-hydroxylation sites is 1. The van der Waals surface area contributed by atoms with Crippen molar-refractivity contribution < 1.29 is 58.1 Å². The summed E-state index contributed by atoms with van der Waals surface area (Å²) in [5.74, 6) is -12.2. The number of carbonyl (C=O) groups excluding carboxylic acids is 7. The minimum Gasteiger partial charge on any atom is -0.480 e. The molecule has 1 aliphatic rings. The molecule has 74 heavy (non-hydrogen) atoms.